The number of hydrogen-bond acceptors (Lipinski definition) is 3. The predicted octanol–water partition coefficient (Wildman–Crippen LogP) is 2.78. The Morgan fingerprint density at radius 3 is 2.64 bits per heavy atom. The summed E-state index contributed by atoms with van der Waals surface area (Å²) in [6, 6.07) is 9.54. The van der Waals surface area contributed by atoms with Gasteiger partial charge in [0.1, 0.15) is 0 Å². The Hall–Kier alpha value is -2.10. The molecule has 1 aromatic carbocycles. The Kier molecular flexibility index (Phi) is 9.98. The molecule has 0 aliphatic carbocycles. The highest BCUT2D eigenvalue weighted by molar-refractivity contribution is 14.0. The molecule has 0 unspecified atom stereocenters. The fourth-order valence-corrected chi connectivity index (χ4v) is 2.52. The predicted molar refractivity (Wildman–Crippen MR) is 124 cm³/mol. The van der Waals surface area contributed by atoms with Crippen molar-refractivity contribution in [1.82, 2.24) is 25.7 Å². The van der Waals surface area contributed by atoms with Gasteiger partial charge in [-0.25, -0.2) is 0 Å². The van der Waals surface area contributed by atoms with Crippen LogP contribution in [0.3, 0.4) is 0 Å². The van der Waals surface area contributed by atoms with Crippen LogP contribution in [0.15, 0.2) is 47.7 Å². The van der Waals surface area contributed by atoms with E-state index in [4.69, 9.17) is 0 Å². The van der Waals surface area contributed by atoms with Crippen molar-refractivity contribution in [3.63, 3.8) is 0 Å². The molecule has 0 fully saturated rings. The number of guanidine groups is 1. The summed E-state index contributed by atoms with van der Waals surface area (Å²) in [6.45, 7) is 8.17. The zero-order valence-electron chi connectivity index (χ0n) is 17.0. The molecule has 0 saturated carbocycles. The largest absolute Gasteiger partial charge is 0.356 e. The minimum absolute atomic E-state index is 0. The Balaban J connectivity index is 0.00000392. The fourth-order valence-electron chi connectivity index (χ4n) is 2.52. The number of aliphatic imine (C=N–C) groups is 1. The van der Waals surface area contributed by atoms with Gasteiger partial charge in [-0.2, -0.15) is 5.10 Å². The molecule has 1 heterocycles. The molecule has 0 bridgehead atoms. The third-order valence-corrected chi connectivity index (χ3v) is 3.78. The number of carbonyl (C=O) groups is 1. The van der Waals surface area contributed by atoms with Crippen LogP contribution in [-0.4, -0.2) is 40.8 Å². The average molecular weight is 498 g/mol. The third kappa shape index (κ3) is 8.73. The molecular formula is C20H31IN6O. The maximum atomic E-state index is 12.3. The lowest BCUT2D eigenvalue weighted by atomic mass is 10.1. The van der Waals surface area contributed by atoms with Gasteiger partial charge in [-0.05, 0) is 51.0 Å². The Morgan fingerprint density at radius 2 is 2.00 bits per heavy atom. The van der Waals surface area contributed by atoms with Gasteiger partial charge in [0.05, 0.1) is 0 Å². The van der Waals surface area contributed by atoms with Crippen LogP contribution in [-0.2, 0) is 13.1 Å². The van der Waals surface area contributed by atoms with E-state index in [1.807, 2.05) is 62.0 Å². The summed E-state index contributed by atoms with van der Waals surface area (Å²) in [4.78, 5) is 16.5. The number of amides is 1. The van der Waals surface area contributed by atoms with Crippen molar-refractivity contribution < 1.29 is 4.79 Å². The molecule has 2 aromatic rings. The molecular weight excluding hydrogens is 467 g/mol. The smallest absolute Gasteiger partial charge is 0.251 e. The summed E-state index contributed by atoms with van der Waals surface area (Å²) in [6.07, 6.45) is 4.69. The molecule has 8 heteroatoms. The first-order valence-electron chi connectivity index (χ1n) is 9.21. The van der Waals surface area contributed by atoms with Gasteiger partial charge < -0.3 is 16.0 Å². The van der Waals surface area contributed by atoms with Crippen molar-refractivity contribution >= 4 is 35.8 Å². The number of aromatic nitrogens is 2. The molecule has 0 aliphatic rings. The van der Waals surface area contributed by atoms with E-state index in [0.717, 1.165) is 31.0 Å². The normalized spacial score (nSPS) is 11.5. The molecule has 1 aromatic heterocycles. The van der Waals surface area contributed by atoms with Gasteiger partial charge in [-0.1, -0.05) is 12.1 Å². The van der Waals surface area contributed by atoms with Gasteiger partial charge >= 0.3 is 0 Å². The SMILES string of the molecule is CN=C(NCCCn1cccn1)NCc1cccc(C(=O)NC(C)(C)C)c1.I. The Bertz CT molecular complexity index is 752. The summed E-state index contributed by atoms with van der Waals surface area (Å²) in [5, 5.41) is 13.7. The number of rotatable bonds is 7. The molecule has 0 atom stereocenters. The van der Waals surface area contributed by atoms with Gasteiger partial charge in [-0.3, -0.25) is 14.5 Å². The summed E-state index contributed by atoms with van der Waals surface area (Å²) in [5.41, 5.74) is 1.43. The van der Waals surface area contributed by atoms with Crippen molar-refractivity contribution in [3.8, 4) is 0 Å². The summed E-state index contributed by atoms with van der Waals surface area (Å²) >= 11 is 0. The van der Waals surface area contributed by atoms with E-state index < -0.39 is 0 Å². The van der Waals surface area contributed by atoms with Gasteiger partial charge in [0.15, 0.2) is 5.96 Å². The van der Waals surface area contributed by atoms with Crippen molar-refractivity contribution in [2.45, 2.75) is 45.8 Å². The maximum Gasteiger partial charge on any atom is 0.251 e. The minimum Gasteiger partial charge on any atom is -0.356 e. The average Bonchev–Trinajstić information content (AvgIpc) is 3.13. The van der Waals surface area contributed by atoms with Crippen LogP contribution in [0.1, 0.15) is 43.1 Å². The van der Waals surface area contributed by atoms with Crippen LogP contribution in [0.5, 0.6) is 0 Å². The fraction of sp³-hybridized carbons (Fsp3) is 0.450. The first-order valence-corrected chi connectivity index (χ1v) is 9.21. The molecule has 2 rings (SSSR count). The lowest BCUT2D eigenvalue weighted by Gasteiger charge is -2.20. The minimum atomic E-state index is -0.256. The molecule has 0 saturated heterocycles. The number of benzene rings is 1. The van der Waals surface area contributed by atoms with Gasteiger partial charge in [0.2, 0.25) is 0 Å². The molecule has 0 radical (unpaired) electrons. The zero-order valence-corrected chi connectivity index (χ0v) is 19.4. The van der Waals surface area contributed by atoms with E-state index >= 15 is 0 Å². The quantitative estimate of drug-likeness (QED) is 0.237. The van der Waals surface area contributed by atoms with E-state index in [0.29, 0.717) is 12.1 Å². The summed E-state index contributed by atoms with van der Waals surface area (Å²) in [5.74, 6) is 0.672. The molecule has 0 spiro atoms. The highest BCUT2D eigenvalue weighted by Crippen LogP contribution is 2.08. The van der Waals surface area contributed by atoms with E-state index in [2.05, 4.69) is 26.0 Å². The van der Waals surface area contributed by atoms with Gasteiger partial charge in [0, 0.05) is 50.2 Å². The second-order valence-electron chi connectivity index (χ2n) is 7.38. The third-order valence-electron chi connectivity index (χ3n) is 3.78. The van der Waals surface area contributed by atoms with Crippen LogP contribution in [0, 0.1) is 0 Å². The highest BCUT2D eigenvalue weighted by atomic mass is 127. The molecule has 3 N–H and O–H groups in total. The van der Waals surface area contributed by atoms with Gasteiger partial charge in [-0.15, -0.1) is 24.0 Å². The molecule has 1 amide bonds. The molecule has 7 nitrogen and oxygen atoms in total. The van der Waals surface area contributed by atoms with E-state index in [-0.39, 0.29) is 35.4 Å². The maximum absolute atomic E-state index is 12.3. The Labute approximate surface area is 184 Å². The number of hydrogen-bond donors (Lipinski definition) is 3. The van der Waals surface area contributed by atoms with Crippen LogP contribution in [0.4, 0.5) is 0 Å². The topological polar surface area (TPSA) is 83.3 Å². The van der Waals surface area contributed by atoms with Crippen LogP contribution < -0.4 is 16.0 Å². The standard InChI is InChI=1S/C20H30N6O.HI/c1-20(2,3)25-18(27)17-9-5-8-16(14-17)15-23-19(21-4)22-10-6-12-26-13-7-11-24-26;/h5,7-9,11,13-14H,6,10,12,15H2,1-4H3,(H,25,27)(H2,21,22,23);1H. The number of aryl methyl sites for hydroxylation is 1. The van der Waals surface area contributed by atoms with Crippen LogP contribution in [0.2, 0.25) is 0 Å². The lowest BCUT2D eigenvalue weighted by molar-refractivity contribution is 0.0919. The zero-order chi connectivity index (χ0) is 19.7. The number of nitrogens with zero attached hydrogens (tertiary/aromatic N) is 3. The van der Waals surface area contributed by atoms with Crippen LogP contribution in [0.25, 0.3) is 0 Å². The van der Waals surface area contributed by atoms with Gasteiger partial charge in [0.25, 0.3) is 5.91 Å². The van der Waals surface area contributed by atoms with E-state index in [1.165, 1.54) is 0 Å². The van der Waals surface area contributed by atoms with Crippen molar-refractivity contribution in [2.75, 3.05) is 13.6 Å². The molecule has 154 valence electrons. The van der Waals surface area contributed by atoms with Crippen molar-refractivity contribution in [3.05, 3.63) is 53.9 Å². The summed E-state index contributed by atoms with van der Waals surface area (Å²) < 4.78 is 1.91. The van der Waals surface area contributed by atoms with Crippen LogP contribution >= 0.6 is 24.0 Å². The summed E-state index contributed by atoms with van der Waals surface area (Å²) in [7, 11) is 1.75. The number of carbonyl (C=O) groups excluding carboxylic acids is 1. The molecule has 0 aliphatic heterocycles. The van der Waals surface area contributed by atoms with Crippen molar-refractivity contribution in [1.29, 1.82) is 0 Å². The first-order chi connectivity index (χ1) is 12.9. The van der Waals surface area contributed by atoms with E-state index in [9.17, 15) is 4.79 Å². The second kappa shape index (κ2) is 11.7. The van der Waals surface area contributed by atoms with Crippen molar-refractivity contribution in [2.24, 2.45) is 4.99 Å². The highest BCUT2D eigenvalue weighted by Gasteiger charge is 2.15. The monoisotopic (exact) mass is 498 g/mol. The van der Waals surface area contributed by atoms with E-state index in [1.54, 1.807) is 13.2 Å². The second-order valence-corrected chi connectivity index (χ2v) is 7.38. The Morgan fingerprint density at radius 1 is 1.21 bits per heavy atom. The number of halogens is 1. The first kappa shape index (κ1) is 23.9. The lowest BCUT2D eigenvalue weighted by Crippen LogP contribution is -2.40. The number of nitrogens with one attached hydrogen (secondary N) is 3. The molecule has 28 heavy (non-hydrogen) atoms.